The maximum atomic E-state index is 6.01. The molecule has 2 aliphatic carbocycles. The number of nitrogens with one attached hydrogen (secondary N) is 1. The van der Waals surface area contributed by atoms with Gasteiger partial charge in [0, 0.05) is 36.1 Å². The number of allylic oxidation sites excluding steroid dienone is 3. The summed E-state index contributed by atoms with van der Waals surface area (Å²) < 4.78 is 8.15. The summed E-state index contributed by atoms with van der Waals surface area (Å²) in [4.78, 5) is 4.74. The van der Waals surface area contributed by atoms with Crippen LogP contribution in [0.15, 0.2) is 77.4 Å². The highest BCUT2D eigenvalue weighted by Gasteiger charge is 2.34. The van der Waals surface area contributed by atoms with Crippen molar-refractivity contribution in [3.8, 4) is 11.1 Å². The Morgan fingerprint density at radius 2 is 1.86 bits per heavy atom. The van der Waals surface area contributed by atoms with E-state index in [4.69, 9.17) is 9.40 Å². The van der Waals surface area contributed by atoms with Gasteiger partial charge in [-0.25, -0.2) is 0 Å². The monoisotopic (exact) mass is 381 g/mol. The third kappa shape index (κ3) is 2.79. The molecule has 0 amide bonds. The number of hydrogen-bond donors (Lipinski definition) is 1. The fraction of sp³-hybridized carbons (Fsp3) is 0.240. The number of nitrogens with zero attached hydrogens (tertiary/aromatic N) is 2. The number of aryl methyl sites for hydroxylation is 1. The molecule has 0 aliphatic heterocycles. The van der Waals surface area contributed by atoms with Gasteiger partial charge < -0.3 is 14.3 Å². The standard InChI is InChI=1S/C25H23N3O/c1-28-13-12-19-14-17(7-10-23(19)28)18-8-11-24-22(15-18)27-25(29-24)26-21-9-6-16-4-2-3-5-20(16)21/h2-5,7-8,10-16,20-21H,6,9H2,1H3,(H,26,27). The topological polar surface area (TPSA) is 43.0 Å². The SMILES string of the molecule is Cn1ccc2cc(-c3ccc4oc(NC5CCC6C=CC=CC65)nc4c3)ccc21. The zero-order chi connectivity index (χ0) is 19.4. The van der Waals surface area contributed by atoms with E-state index in [0.29, 0.717) is 23.9 Å². The fourth-order valence-electron chi connectivity index (χ4n) is 4.91. The molecule has 4 nitrogen and oxygen atoms in total. The maximum Gasteiger partial charge on any atom is 0.295 e. The van der Waals surface area contributed by atoms with Gasteiger partial charge in [0.05, 0.1) is 0 Å². The van der Waals surface area contributed by atoms with Crippen molar-refractivity contribution < 1.29 is 4.42 Å². The Morgan fingerprint density at radius 1 is 1.00 bits per heavy atom. The van der Waals surface area contributed by atoms with E-state index in [0.717, 1.165) is 23.1 Å². The lowest BCUT2D eigenvalue weighted by Crippen LogP contribution is -2.25. The van der Waals surface area contributed by atoms with E-state index < -0.39 is 0 Å². The zero-order valence-corrected chi connectivity index (χ0v) is 16.4. The molecule has 2 heterocycles. The summed E-state index contributed by atoms with van der Waals surface area (Å²) in [5, 5.41) is 4.80. The second-order valence-corrected chi connectivity index (χ2v) is 8.24. The molecular weight excluding hydrogens is 358 g/mol. The summed E-state index contributed by atoms with van der Waals surface area (Å²) in [7, 11) is 2.07. The van der Waals surface area contributed by atoms with Gasteiger partial charge in [-0.05, 0) is 60.2 Å². The van der Waals surface area contributed by atoms with Crippen LogP contribution in [0, 0.1) is 11.8 Å². The molecule has 1 N–H and O–H groups in total. The van der Waals surface area contributed by atoms with E-state index in [1.165, 1.54) is 22.9 Å². The third-order valence-electron chi connectivity index (χ3n) is 6.49. The molecule has 144 valence electrons. The van der Waals surface area contributed by atoms with E-state index in [1.807, 2.05) is 6.07 Å². The Labute approximate surface area is 169 Å². The van der Waals surface area contributed by atoms with Crippen LogP contribution in [0.1, 0.15) is 12.8 Å². The summed E-state index contributed by atoms with van der Waals surface area (Å²) in [5.74, 6) is 1.17. The third-order valence-corrected chi connectivity index (χ3v) is 6.49. The van der Waals surface area contributed by atoms with Crippen LogP contribution in [0.2, 0.25) is 0 Å². The maximum absolute atomic E-state index is 6.01. The van der Waals surface area contributed by atoms with Gasteiger partial charge in [0.2, 0.25) is 0 Å². The first kappa shape index (κ1) is 16.7. The molecule has 2 aromatic heterocycles. The molecule has 0 spiro atoms. The average molecular weight is 381 g/mol. The Balaban J connectivity index is 1.30. The van der Waals surface area contributed by atoms with Gasteiger partial charge in [0.1, 0.15) is 5.52 Å². The Kier molecular flexibility index (Phi) is 3.66. The lowest BCUT2D eigenvalue weighted by Gasteiger charge is -2.21. The molecule has 4 aromatic rings. The predicted molar refractivity (Wildman–Crippen MR) is 118 cm³/mol. The highest BCUT2D eigenvalue weighted by Crippen LogP contribution is 2.38. The quantitative estimate of drug-likeness (QED) is 0.479. The lowest BCUT2D eigenvalue weighted by atomic mass is 9.90. The smallest absolute Gasteiger partial charge is 0.295 e. The number of benzene rings is 2. The van der Waals surface area contributed by atoms with Crippen molar-refractivity contribution >= 4 is 28.0 Å². The highest BCUT2D eigenvalue weighted by atomic mass is 16.4. The summed E-state index contributed by atoms with van der Waals surface area (Å²) in [6.07, 6.45) is 13.4. The van der Waals surface area contributed by atoms with Crippen molar-refractivity contribution in [2.45, 2.75) is 18.9 Å². The number of rotatable bonds is 3. The van der Waals surface area contributed by atoms with Gasteiger partial charge in [-0.2, -0.15) is 4.98 Å². The number of anilines is 1. The summed E-state index contributed by atoms with van der Waals surface area (Å²) >= 11 is 0. The molecule has 2 aliphatic rings. The molecule has 6 rings (SSSR count). The summed E-state index contributed by atoms with van der Waals surface area (Å²) in [5.41, 5.74) is 5.31. The molecule has 29 heavy (non-hydrogen) atoms. The largest absolute Gasteiger partial charge is 0.424 e. The number of aromatic nitrogens is 2. The minimum Gasteiger partial charge on any atom is -0.424 e. The molecular formula is C25H23N3O. The van der Waals surface area contributed by atoms with E-state index >= 15 is 0 Å². The van der Waals surface area contributed by atoms with Crippen molar-refractivity contribution in [2.24, 2.45) is 18.9 Å². The van der Waals surface area contributed by atoms with Crippen LogP contribution in [0.25, 0.3) is 33.1 Å². The normalized spacial score (nSPS) is 23.1. The van der Waals surface area contributed by atoms with E-state index in [9.17, 15) is 0 Å². The van der Waals surface area contributed by atoms with Gasteiger partial charge >= 0.3 is 0 Å². The molecule has 4 heteroatoms. The Bertz CT molecular complexity index is 1280. The second-order valence-electron chi connectivity index (χ2n) is 8.24. The summed E-state index contributed by atoms with van der Waals surface area (Å²) in [6, 6.07) is 16.0. The Morgan fingerprint density at radius 3 is 2.83 bits per heavy atom. The summed E-state index contributed by atoms with van der Waals surface area (Å²) in [6.45, 7) is 0. The van der Waals surface area contributed by atoms with Crippen LogP contribution in [0.4, 0.5) is 6.01 Å². The molecule has 3 atom stereocenters. The first-order valence-electron chi connectivity index (χ1n) is 10.3. The van der Waals surface area contributed by atoms with E-state index in [2.05, 4.69) is 83.8 Å². The lowest BCUT2D eigenvalue weighted by molar-refractivity contribution is 0.508. The highest BCUT2D eigenvalue weighted by molar-refractivity contribution is 5.88. The van der Waals surface area contributed by atoms with Crippen molar-refractivity contribution in [1.29, 1.82) is 0 Å². The van der Waals surface area contributed by atoms with Crippen LogP contribution < -0.4 is 5.32 Å². The predicted octanol–water partition coefficient (Wildman–Crippen LogP) is 5.92. The number of fused-ring (bicyclic) bond motifs is 3. The van der Waals surface area contributed by atoms with Crippen molar-refractivity contribution in [1.82, 2.24) is 9.55 Å². The fourth-order valence-corrected chi connectivity index (χ4v) is 4.91. The van der Waals surface area contributed by atoms with Crippen molar-refractivity contribution in [2.75, 3.05) is 5.32 Å². The molecule has 3 unspecified atom stereocenters. The van der Waals surface area contributed by atoms with Crippen LogP contribution in [0.3, 0.4) is 0 Å². The van der Waals surface area contributed by atoms with Crippen molar-refractivity contribution in [3.05, 3.63) is 73.0 Å². The molecule has 0 radical (unpaired) electrons. The molecule has 0 bridgehead atoms. The van der Waals surface area contributed by atoms with Crippen LogP contribution in [-0.2, 0) is 7.05 Å². The first-order chi connectivity index (χ1) is 14.2. The van der Waals surface area contributed by atoms with Gasteiger partial charge in [0.15, 0.2) is 5.58 Å². The van der Waals surface area contributed by atoms with Crippen molar-refractivity contribution in [3.63, 3.8) is 0 Å². The van der Waals surface area contributed by atoms with Gasteiger partial charge in [-0.15, -0.1) is 0 Å². The van der Waals surface area contributed by atoms with E-state index in [1.54, 1.807) is 0 Å². The van der Waals surface area contributed by atoms with Gasteiger partial charge in [0.25, 0.3) is 6.01 Å². The van der Waals surface area contributed by atoms with Crippen LogP contribution in [0.5, 0.6) is 0 Å². The van der Waals surface area contributed by atoms with E-state index in [-0.39, 0.29) is 0 Å². The average Bonchev–Trinajstić information content (AvgIpc) is 3.45. The Hall–Kier alpha value is -3.27. The molecule has 1 saturated carbocycles. The second kappa shape index (κ2) is 6.38. The number of oxazole rings is 1. The minimum absolute atomic E-state index is 0.384. The minimum atomic E-state index is 0.384. The molecule has 2 aromatic carbocycles. The van der Waals surface area contributed by atoms with Crippen LogP contribution >= 0.6 is 0 Å². The van der Waals surface area contributed by atoms with Gasteiger partial charge in [-0.3, -0.25) is 0 Å². The van der Waals surface area contributed by atoms with Crippen LogP contribution in [-0.4, -0.2) is 15.6 Å². The molecule has 0 saturated heterocycles. The first-order valence-corrected chi connectivity index (χ1v) is 10.3. The number of hydrogen-bond acceptors (Lipinski definition) is 3. The molecule has 1 fully saturated rings. The van der Waals surface area contributed by atoms with Gasteiger partial charge in [-0.1, -0.05) is 36.4 Å². The zero-order valence-electron chi connectivity index (χ0n) is 16.4.